The minimum absolute atomic E-state index is 0.0358. The Labute approximate surface area is 62.1 Å². The van der Waals surface area contributed by atoms with E-state index in [4.69, 9.17) is 21.8 Å². The molecule has 0 radical (unpaired) electrons. The lowest BCUT2D eigenvalue weighted by Gasteiger charge is -2.18. The molecule has 0 bridgehead atoms. The molecule has 0 unspecified atom stereocenters. The van der Waals surface area contributed by atoms with Gasteiger partial charge in [0.15, 0.2) is 5.79 Å². The van der Waals surface area contributed by atoms with E-state index in [1.807, 2.05) is 0 Å². The third-order valence-corrected chi connectivity index (χ3v) is 1.35. The molecule has 0 saturated heterocycles. The van der Waals surface area contributed by atoms with E-state index in [9.17, 15) is 0 Å². The molecule has 0 aliphatic carbocycles. The Bertz CT molecular complexity index is 70.2. The molecule has 0 rings (SSSR count). The van der Waals surface area contributed by atoms with Gasteiger partial charge in [0.25, 0.3) is 0 Å². The molecule has 0 aromatic carbocycles. The van der Waals surface area contributed by atoms with Crippen molar-refractivity contribution in [3.63, 3.8) is 0 Å². The van der Waals surface area contributed by atoms with Gasteiger partial charge in [-0.3, -0.25) is 0 Å². The summed E-state index contributed by atoms with van der Waals surface area (Å²) in [6.45, 7) is -0.0358. The van der Waals surface area contributed by atoms with Crippen LogP contribution in [-0.2, 0) is 4.43 Å². The molecule has 0 saturated carbocycles. The summed E-state index contributed by atoms with van der Waals surface area (Å²) in [5.41, 5.74) is 0. The van der Waals surface area contributed by atoms with Crippen LogP contribution in [0.25, 0.3) is 0 Å². The fourth-order valence-corrected chi connectivity index (χ4v) is 1.22. The Morgan fingerprint density at radius 1 is 1.56 bits per heavy atom. The maximum atomic E-state index is 8.88. The summed E-state index contributed by atoms with van der Waals surface area (Å²) < 4.78 is 4.64. The summed E-state index contributed by atoms with van der Waals surface area (Å²) in [4.78, 5) is 0. The monoisotopic (exact) mass is 170 g/mol. The largest absolute Gasteiger partial charge is 0.422 e. The van der Waals surface area contributed by atoms with Crippen molar-refractivity contribution in [2.45, 2.75) is 12.2 Å². The van der Waals surface area contributed by atoms with Gasteiger partial charge < -0.3 is 14.6 Å². The molecule has 3 nitrogen and oxygen atoms in total. The summed E-state index contributed by atoms with van der Waals surface area (Å²) >= 11 is 5.26. The van der Waals surface area contributed by atoms with Crippen molar-refractivity contribution in [3.05, 3.63) is 0 Å². The van der Waals surface area contributed by atoms with E-state index < -0.39 is 5.79 Å². The van der Waals surface area contributed by atoms with Crippen molar-refractivity contribution in [2.75, 3.05) is 12.5 Å². The highest BCUT2D eigenvalue weighted by Gasteiger charge is 2.20. The molecule has 2 N–H and O–H groups in total. The minimum Gasteiger partial charge on any atom is -0.422 e. The first kappa shape index (κ1) is 9.39. The minimum atomic E-state index is -1.72. The Hall–Kier alpha value is 0.387. The van der Waals surface area contributed by atoms with Crippen molar-refractivity contribution in [1.29, 1.82) is 0 Å². The highest BCUT2D eigenvalue weighted by Crippen LogP contribution is 2.05. The van der Waals surface area contributed by atoms with Crippen molar-refractivity contribution in [3.8, 4) is 0 Å². The summed E-state index contributed by atoms with van der Waals surface area (Å²) in [5.74, 6) is -1.48. The molecule has 0 fully saturated rings. The van der Waals surface area contributed by atoms with Crippen LogP contribution in [-0.4, -0.2) is 39.0 Å². The maximum Gasteiger partial charge on any atom is 0.186 e. The fraction of sp³-hybridized carbons (Fsp3) is 1.00. The van der Waals surface area contributed by atoms with Gasteiger partial charge >= 0.3 is 0 Å². The van der Waals surface area contributed by atoms with E-state index in [-0.39, 0.29) is 18.9 Å². The average Bonchev–Trinajstić information content (AvgIpc) is 1.64. The molecule has 5 heteroatoms. The Morgan fingerprint density at radius 2 is 2.11 bits per heavy atom. The van der Waals surface area contributed by atoms with Crippen LogP contribution < -0.4 is 0 Å². The molecule has 0 aromatic heterocycles. The Morgan fingerprint density at radius 3 is 2.44 bits per heavy atom. The van der Waals surface area contributed by atoms with E-state index in [2.05, 4.69) is 4.43 Å². The van der Waals surface area contributed by atoms with Crippen LogP contribution in [0.3, 0.4) is 0 Å². The lowest BCUT2D eigenvalue weighted by Crippen LogP contribution is -2.34. The quantitative estimate of drug-likeness (QED) is 0.310. The van der Waals surface area contributed by atoms with E-state index in [0.717, 1.165) is 0 Å². The topological polar surface area (TPSA) is 49.7 Å². The molecule has 0 aliphatic rings. The Balaban J connectivity index is 3.43. The second-order valence-corrected chi connectivity index (χ2v) is 2.81. The van der Waals surface area contributed by atoms with Crippen LogP contribution in [0.2, 0.25) is 0 Å². The smallest absolute Gasteiger partial charge is 0.186 e. The highest BCUT2D eigenvalue weighted by molar-refractivity contribution is 6.17. The average molecular weight is 171 g/mol. The zero-order chi connectivity index (χ0) is 7.33. The summed E-state index contributed by atoms with van der Waals surface area (Å²) in [5, 5.41) is 17.8. The maximum absolute atomic E-state index is 8.88. The third kappa shape index (κ3) is 4.86. The lowest BCUT2D eigenvalue weighted by molar-refractivity contribution is -0.181. The van der Waals surface area contributed by atoms with Gasteiger partial charge in [0.2, 0.25) is 0 Å². The molecule has 0 aromatic rings. The number of halogens is 1. The number of alkyl halides is 1. The van der Waals surface area contributed by atoms with Crippen molar-refractivity contribution in [1.82, 2.24) is 0 Å². The van der Waals surface area contributed by atoms with Crippen LogP contribution >= 0.6 is 11.6 Å². The molecular weight excluding hydrogens is 160 g/mol. The first-order valence-electron chi connectivity index (χ1n) is 2.62. The summed E-state index contributed by atoms with van der Waals surface area (Å²) in [6, 6.07) is 0. The van der Waals surface area contributed by atoms with Gasteiger partial charge in [-0.05, 0) is 0 Å². The zero-order valence-electron chi connectivity index (χ0n) is 5.30. The lowest BCUT2D eigenvalue weighted by atomic mass is 10.2. The van der Waals surface area contributed by atoms with Crippen LogP contribution in [0.15, 0.2) is 0 Å². The van der Waals surface area contributed by atoms with Crippen LogP contribution in [0.1, 0.15) is 6.42 Å². The number of aliphatic hydroxyl groups is 2. The van der Waals surface area contributed by atoms with Gasteiger partial charge in [-0.1, -0.05) is 0 Å². The van der Waals surface area contributed by atoms with Crippen molar-refractivity contribution < 1.29 is 14.6 Å². The molecule has 0 amide bonds. The second kappa shape index (κ2) is 4.24. The summed E-state index contributed by atoms with van der Waals surface area (Å²) in [6.07, 6.45) is 0.150. The van der Waals surface area contributed by atoms with Crippen molar-refractivity contribution in [2.24, 2.45) is 0 Å². The van der Waals surface area contributed by atoms with E-state index in [1.165, 1.54) is 0 Å². The molecule has 0 aliphatic heterocycles. The fourth-order valence-electron chi connectivity index (χ4n) is 0.455. The molecule has 0 heterocycles. The predicted molar refractivity (Wildman–Crippen MR) is 38.4 cm³/mol. The van der Waals surface area contributed by atoms with E-state index in [1.54, 1.807) is 0 Å². The molecule has 9 heavy (non-hydrogen) atoms. The standard InChI is InChI=1S/C4H11ClO3Si/c5-2-1-4(6,7)3-8-9/h6-7H,1-3H2,9H3. The molecule has 0 atom stereocenters. The Kier molecular flexibility index (Phi) is 4.42. The van der Waals surface area contributed by atoms with Gasteiger partial charge in [0, 0.05) is 12.3 Å². The predicted octanol–water partition coefficient (Wildman–Crippen LogP) is -1.41. The van der Waals surface area contributed by atoms with Gasteiger partial charge in [-0.15, -0.1) is 11.6 Å². The van der Waals surface area contributed by atoms with Crippen LogP contribution in [0.4, 0.5) is 0 Å². The molecular formula is C4H11ClO3Si. The van der Waals surface area contributed by atoms with Crippen LogP contribution in [0, 0.1) is 0 Å². The zero-order valence-corrected chi connectivity index (χ0v) is 8.06. The first-order valence-corrected chi connectivity index (χ1v) is 3.97. The van der Waals surface area contributed by atoms with Gasteiger partial charge in [0.05, 0.1) is 6.61 Å². The third-order valence-electron chi connectivity index (χ3n) is 0.870. The van der Waals surface area contributed by atoms with Gasteiger partial charge in [-0.2, -0.15) is 0 Å². The number of rotatable bonds is 4. The van der Waals surface area contributed by atoms with Gasteiger partial charge in [0.1, 0.15) is 10.5 Å². The van der Waals surface area contributed by atoms with E-state index >= 15 is 0 Å². The normalized spacial score (nSPS) is 12.3. The van der Waals surface area contributed by atoms with Crippen LogP contribution in [0.5, 0.6) is 0 Å². The second-order valence-electron chi connectivity index (χ2n) is 1.85. The first-order chi connectivity index (χ1) is 4.12. The number of hydrogen-bond donors (Lipinski definition) is 2. The highest BCUT2D eigenvalue weighted by atomic mass is 35.5. The summed E-state index contributed by atoms with van der Waals surface area (Å²) in [7, 11) is 0.514. The van der Waals surface area contributed by atoms with E-state index in [0.29, 0.717) is 10.5 Å². The van der Waals surface area contributed by atoms with Crippen molar-refractivity contribution >= 4 is 22.1 Å². The number of hydrogen-bond acceptors (Lipinski definition) is 3. The molecule has 0 spiro atoms. The molecule has 56 valence electrons. The van der Waals surface area contributed by atoms with Gasteiger partial charge in [-0.25, -0.2) is 0 Å². The SMILES string of the molecule is OC(O)(CCCl)CO[SiH3].